The Bertz CT molecular complexity index is 1150. The Kier molecular flexibility index (Phi) is 4.48. The second-order valence-electron chi connectivity index (χ2n) is 6.11. The quantitative estimate of drug-likeness (QED) is 0.663. The van der Waals surface area contributed by atoms with E-state index in [0.29, 0.717) is 16.9 Å². The van der Waals surface area contributed by atoms with E-state index in [4.69, 9.17) is 11.5 Å². The number of nitrogens with zero attached hydrogens (tertiary/aromatic N) is 2. The number of sulfone groups is 1. The van der Waals surface area contributed by atoms with Gasteiger partial charge in [-0.15, -0.1) is 0 Å². The van der Waals surface area contributed by atoms with Crippen molar-refractivity contribution in [2.24, 2.45) is 5.73 Å². The van der Waals surface area contributed by atoms with E-state index in [9.17, 15) is 17.6 Å². The first-order valence-electron chi connectivity index (χ1n) is 7.84. The predicted molar refractivity (Wildman–Crippen MR) is 99.7 cm³/mol. The van der Waals surface area contributed by atoms with Crippen molar-refractivity contribution in [1.29, 1.82) is 0 Å². The van der Waals surface area contributed by atoms with Crippen LogP contribution < -0.4 is 11.5 Å². The fraction of sp³-hybridized carbons (Fsp3) is 0.111. The number of aryl methyl sites for hydroxylation is 1. The predicted octanol–water partition coefficient (Wildman–Crippen LogP) is 2.07. The number of benzene rings is 2. The molecule has 0 radical (unpaired) electrons. The molecular formula is C18H17FN4O3S. The van der Waals surface area contributed by atoms with Crippen LogP contribution in [-0.4, -0.2) is 30.1 Å². The molecule has 0 saturated carbocycles. The van der Waals surface area contributed by atoms with Crippen LogP contribution in [0.3, 0.4) is 0 Å². The van der Waals surface area contributed by atoms with Crippen LogP contribution in [0.25, 0.3) is 16.9 Å². The zero-order valence-corrected chi connectivity index (χ0v) is 15.4. The van der Waals surface area contributed by atoms with Gasteiger partial charge in [-0.3, -0.25) is 9.36 Å². The minimum absolute atomic E-state index is 0.0436. The van der Waals surface area contributed by atoms with Crippen molar-refractivity contribution in [2.45, 2.75) is 12.1 Å². The highest BCUT2D eigenvalue weighted by atomic mass is 32.2. The number of aromatic nitrogens is 2. The van der Waals surface area contributed by atoms with Crippen molar-refractivity contribution in [2.75, 3.05) is 12.0 Å². The first-order chi connectivity index (χ1) is 12.6. The molecule has 3 rings (SSSR count). The molecule has 7 nitrogen and oxygen atoms in total. The Balaban J connectivity index is 2.41. The molecule has 0 fully saturated rings. The third kappa shape index (κ3) is 3.41. The maximum absolute atomic E-state index is 13.3. The lowest BCUT2D eigenvalue weighted by Gasteiger charge is -2.12. The average Bonchev–Trinajstić information content (AvgIpc) is 2.99. The molecular weight excluding hydrogens is 371 g/mol. The van der Waals surface area contributed by atoms with Crippen molar-refractivity contribution in [3.05, 3.63) is 59.5 Å². The van der Waals surface area contributed by atoms with Gasteiger partial charge in [0.2, 0.25) is 15.0 Å². The van der Waals surface area contributed by atoms with Crippen molar-refractivity contribution in [3.8, 4) is 16.9 Å². The Morgan fingerprint density at radius 1 is 1.15 bits per heavy atom. The molecule has 0 spiro atoms. The highest BCUT2D eigenvalue weighted by molar-refractivity contribution is 7.90. The summed E-state index contributed by atoms with van der Waals surface area (Å²) >= 11 is 0. The summed E-state index contributed by atoms with van der Waals surface area (Å²) in [5.41, 5.74) is 13.3. The van der Waals surface area contributed by atoms with Gasteiger partial charge < -0.3 is 11.5 Å². The zero-order chi connectivity index (χ0) is 19.9. The molecule has 0 atom stereocenters. The molecule has 0 aliphatic rings. The largest absolute Gasteiger partial charge is 0.398 e. The Morgan fingerprint density at radius 3 is 2.30 bits per heavy atom. The van der Waals surface area contributed by atoms with Gasteiger partial charge in [-0.2, -0.15) is 0 Å². The molecule has 0 aliphatic carbocycles. The van der Waals surface area contributed by atoms with Gasteiger partial charge >= 0.3 is 0 Å². The van der Waals surface area contributed by atoms with E-state index in [2.05, 4.69) is 4.98 Å². The molecule has 27 heavy (non-hydrogen) atoms. The lowest BCUT2D eigenvalue weighted by atomic mass is 10.1. The summed E-state index contributed by atoms with van der Waals surface area (Å²) in [4.78, 5) is 16.4. The summed E-state index contributed by atoms with van der Waals surface area (Å²) in [7, 11) is -3.83. The molecule has 0 aliphatic heterocycles. The second-order valence-corrected chi connectivity index (χ2v) is 8.02. The van der Waals surface area contributed by atoms with Crippen LogP contribution in [0.2, 0.25) is 0 Å². The maximum Gasteiger partial charge on any atom is 0.268 e. The average molecular weight is 388 g/mol. The highest BCUT2D eigenvalue weighted by Crippen LogP contribution is 2.30. The first kappa shape index (κ1) is 18.6. The fourth-order valence-corrected chi connectivity index (χ4v) is 3.48. The van der Waals surface area contributed by atoms with Gasteiger partial charge in [0, 0.05) is 17.5 Å². The minimum atomic E-state index is -3.83. The van der Waals surface area contributed by atoms with Crippen molar-refractivity contribution in [3.63, 3.8) is 0 Å². The summed E-state index contributed by atoms with van der Waals surface area (Å²) in [6.45, 7) is 1.80. The third-order valence-electron chi connectivity index (χ3n) is 4.05. The molecule has 140 valence electrons. The van der Waals surface area contributed by atoms with Gasteiger partial charge in [-0.25, -0.2) is 17.8 Å². The van der Waals surface area contributed by atoms with E-state index < -0.39 is 21.6 Å². The van der Waals surface area contributed by atoms with Crippen LogP contribution >= 0.6 is 0 Å². The van der Waals surface area contributed by atoms with Gasteiger partial charge in [-0.1, -0.05) is 6.07 Å². The molecule has 0 bridgehead atoms. The van der Waals surface area contributed by atoms with E-state index in [1.54, 1.807) is 19.1 Å². The highest BCUT2D eigenvalue weighted by Gasteiger charge is 2.28. The number of carbonyl (C=O) groups excluding carboxylic acids is 1. The van der Waals surface area contributed by atoms with Gasteiger partial charge in [0.25, 0.3) is 5.91 Å². The SMILES string of the molecule is Cc1ccc(-n2c(S(C)(=O)=O)nc(-c3ccc(F)cc3)c2C(N)=O)cc1N. The number of primary amides is 1. The number of carbonyl (C=O) groups is 1. The Hall–Kier alpha value is -3.20. The van der Waals surface area contributed by atoms with Crippen LogP contribution in [0.5, 0.6) is 0 Å². The number of halogens is 1. The van der Waals surface area contributed by atoms with Crippen LogP contribution in [0.4, 0.5) is 10.1 Å². The van der Waals surface area contributed by atoms with Gasteiger partial charge in [0.05, 0.1) is 5.69 Å². The van der Waals surface area contributed by atoms with Crippen LogP contribution in [-0.2, 0) is 9.84 Å². The second kappa shape index (κ2) is 6.51. The molecule has 9 heteroatoms. The van der Waals surface area contributed by atoms with Crippen LogP contribution in [0.1, 0.15) is 16.1 Å². The number of imidazole rings is 1. The van der Waals surface area contributed by atoms with Crippen molar-refractivity contribution in [1.82, 2.24) is 9.55 Å². The van der Waals surface area contributed by atoms with Crippen molar-refractivity contribution >= 4 is 21.4 Å². The zero-order valence-electron chi connectivity index (χ0n) is 14.6. The van der Waals surface area contributed by atoms with E-state index in [1.165, 1.54) is 30.3 Å². The normalized spacial score (nSPS) is 11.5. The van der Waals surface area contributed by atoms with E-state index in [1.807, 2.05) is 0 Å². The summed E-state index contributed by atoms with van der Waals surface area (Å²) < 4.78 is 39.1. The summed E-state index contributed by atoms with van der Waals surface area (Å²) in [5, 5.41) is -0.362. The summed E-state index contributed by atoms with van der Waals surface area (Å²) in [6, 6.07) is 9.99. The molecule has 1 aromatic heterocycles. The van der Waals surface area contributed by atoms with Crippen LogP contribution in [0.15, 0.2) is 47.6 Å². The molecule has 1 amide bonds. The van der Waals surface area contributed by atoms with Crippen LogP contribution in [0, 0.1) is 12.7 Å². The number of hydrogen-bond donors (Lipinski definition) is 2. The smallest absolute Gasteiger partial charge is 0.268 e. The molecule has 0 saturated heterocycles. The van der Waals surface area contributed by atoms with Gasteiger partial charge in [0.15, 0.2) is 0 Å². The first-order valence-corrected chi connectivity index (χ1v) is 9.74. The number of amides is 1. The summed E-state index contributed by atoms with van der Waals surface area (Å²) in [5.74, 6) is -1.36. The van der Waals surface area contributed by atoms with E-state index in [-0.39, 0.29) is 16.5 Å². The molecule has 1 heterocycles. The van der Waals surface area contributed by atoms with Crippen molar-refractivity contribution < 1.29 is 17.6 Å². The molecule has 2 aromatic carbocycles. The van der Waals surface area contributed by atoms with E-state index in [0.717, 1.165) is 16.4 Å². The van der Waals surface area contributed by atoms with E-state index >= 15 is 0 Å². The maximum atomic E-state index is 13.3. The number of nitrogens with two attached hydrogens (primary N) is 2. The Morgan fingerprint density at radius 2 is 1.78 bits per heavy atom. The number of rotatable bonds is 4. The third-order valence-corrected chi connectivity index (χ3v) is 4.99. The fourth-order valence-electron chi connectivity index (χ4n) is 2.69. The topological polar surface area (TPSA) is 121 Å². The summed E-state index contributed by atoms with van der Waals surface area (Å²) in [6.07, 6.45) is 0.975. The standard InChI is InChI=1S/C18H17FN4O3S/c1-10-3-8-13(9-14(10)20)23-16(17(21)24)15(22-18(23)27(2,25)26)11-4-6-12(19)7-5-11/h3-9H,20H2,1-2H3,(H2,21,24). The Labute approximate surface area is 155 Å². The minimum Gasteiger partial charge on any atom is -0.398 e. The number of anilines is 1. The lowest BCUT2D eigenvalue weighted by Crippen LogP contribution is -2.19. The molecule has 4 N–H and O–H groups in total. The number of hydrogen-bond acceptors (Lipinski definition) is 5. The van der Waals surface area contributed by atoms with Gasteiger partial charge in [-0.05, 0) is 48.9 Å². The molecule has 0 unspecified atom stereocenters. The lowest BCUT2D eigenvalue weighted by molar-refractivity contribution is 0.0994. The molecule has 3 aromatic rings. The monoisotopic (exact) mass is 388 g/mol. The van der Waals surface area contributed by atoms with Gasteiger partial charge in [0.1, 0.15) is 17.2 Å². The number of nitrogen functional groups attached to an aromatic ring is 1.